The maximum atomic E-state index is 11.9. The quantitative estimate of drug-likeness (QED) is 0.274. The molecule has 0 aliphatic carbocycles. The van der Waals surface area contributed by atoms with Crippen LogP contribution in [0.25, 0.3) is 0 Å². The minimum atomic E-state index is -1.46. The lowest BCUT2D eigenvalue weighted by molar-refractivity contribution is -0.165. The van der Waals surface area contributed by atoms with Crippen LogP contribution in [0.1, 0.15) is 20.3 Å². The zero-order valence-electron chi connectivity index (χ0n) is 15.1. The summed E-state index contributed by atoms with van der Waals surface area (Å²) in [6, 6.07) is 0. The van der Waals surface area contributed by atoms with Crippen LogP contribution < -0.4 is 0 Å². The molecule has 1 atom stereocenters. The van der Waals surface area contributed by atoms with E-state index in [1.54, 1.807) is 32.6 Å². The van der Waals surface area contributed by atoms with E-state index in [-0.39, 0.29) is 13.2 Å². The summed E-state index contributed by atoms with van der Waals surface area (Å²) in [5.41, 5.74) is -1.06. The van der Waals surface area contributed by atoms with Crippen molar-refractivity contribution in [1.29, 1.82) is 0 Å². The van der Waals surface area contributed by atoms with Crippen LogP contribution in [0.4, 0.5) is 0 Å². The van der Waals surface area contributed by atoms with Gasteiger partial charge in [-0.2, -0.15) is 0 Å². The van der Waals surface area contributed by atoms with Crippen molar-refractivity contribution in [2.75, 3.05) is 20.3 Å². The topological polar surface area (TPSA) is 117 Å². The minimum absolute atomic E-state index is 0.145. The van der Waals surface area contributed by atoms with Crippen molar-refractivity contribution >= 4 is 17.9 Å². The van der Waals surface area contributed by atoms with E-state index >= 15 is 0 Å². The average molecular weight is 368 g/mol. The van der Waals surface area contributed by atoms with Crippen LogP contribution in [0.2, 0.25) is 0 Å². The molecule has 0 spiro atoms. The molecule has 1 aromatic rings. The third-order valence-corrected chi connectivity index (χ3v) is 3.47. The summed E-state index contributed by atoms with van der Waals surface area (Å²) in [6.07, 6.45) is 6.03. The summed E-state index contributed by atoms with van der Waals surface area (Å²) in [4.78, 5) is 38.2. The van der Waals surface area contributed by atoms with Crippen LogP contribution in [0.3, 0.4) is 0 Å². The molecule has 0 aromatic carbocycles. The fourth-order valence-electron chi connectivity index (χ4n) is 1.83. The van der Waals surface area contributed by atoms with Gasteiger partial charge in [-0.3, -0.25) is 0 Å². The number of nitrogens with zero attached hydrogens (tertiary/aromatic N) is 2. The number of aliphatic hydroxyl groups is 1. The van der Waals surface area contributed by atoms with Crippen molar-refractivity contribution in [3.05, 3.63) is 30.9 Å². The zero-order valence-corrected chi connectivity index (χ0v) is 15.1. The molecule has 0 unspecified atom stereocenters. The molecule has 0 radical (unpaired) electrons. The van der Waals surface area contributed by atoms with Gasteiger partial charge in [0.15, 0.2) is 6.10 Å². The van der Waals surface area contributed by atoms with Crippen molar-refractivity contribution < 1.29 is 33.7 Å². The van der Waals surface area contributed by atoms with Gasteiger partial charge in [-0.1, -0.05) is 13.8 Å². The molecule has 0 bridgehead atoms. The van der Waals surface area contributed by atoms with Crippen LogP contribution in [-0.2, 0) is 35.1 Å². The predicted molar refractivity (Wildman–Crippen MR) is 89.7 cm³/mol. The van der Waals surface area contributed by atoms with E-state index in [0.29, 0.717) is 13.0 Å². The molecule has 26 heavy (non-hydrogen) atoms. The number of aromatic nitrogens is 2. The third kappa shape index (κ3) is 7.47. The Morgan fingerprint density at radius 1 is 1.23 bits per heavy atom. The van der Waals surface area contributed by atoms with E-state index in [1.165, 1.54) is 7.11 Å². The first kappa shape index (κ1) is 21.4. The second-order valence-electron chi connectivity index (χ2n) is 6.18. The van der Waals surface area contributed by atoms with Gasteiger partial charge in [0.1, 0.15) is 0 Å². The Morgan fingerprint density at radius 2 is 1.92 bits per heavy atom. The highest BCUT2D eigenvalue weighted by molar-refractivity contribution is 5.91. The minimum Gasteiger partial charge on any atom is -0.466 e. The van der Waals surface area contributed by atoms with Crippen LogP contribution in [-0.4, -0.2) is 59.0 Å². The van der Waals surface area contributed by atoms with Gasteiger partial charge in [-0.15, -0.1) is 0 Å². The van der Waals surface area contributed by atoms with Crippen molar-refractivity contribution in [2.24, 2.45) is 5.41 Å². The van der Waals surface area contributed by atoms with Crippen molar-refractivity contribution in [3.63, 3.8) is 0 Å². The summed E-state index contributed by atoms with van der Waals surface area (Å²) in [5.74, 6) is -2.27. The van der Waals surface area contributed by atoms with Crippen molar-refractivity contribution in [3.8, 4) is 0 Å². The smallest absolute Gasteiger partial charge is 0.335 e. The van der Waals surface area contributed by atoms with Crippen LogP contribution in [0.5, 0.6) is 0 Å². The molecule has 144 valence electrons. The first-order valence-corrected chi connectivity index (χ1v) is 7.99. The lowest BCUT2D eigenvalue weighted by Crippen LogP contribution is -2.41. The molecule has 0 aliphatic rings. The van der Waals surface area contributed by atoms with E-state index in [0.717, 1.165) is 12.2 Å². The number of aryl methyl sites for hydroxylation is 1. The number of ether oxygens (including phenoxy) is 3. The number of aliphatic hydroxyl groups excluding tert-OH is 1. The van der Waals surface area contributed by atoms with Gasteiger partial charge in [0.05, 0.1) is 26.7 Å². The Labute approximate surface area is 151 Å². The van der Waals surface area contributed by atoms with Gasteiger partial charge in [0.2, 0.25) is 0 Å². The highest BCUT2D eigenvalue weighted by Crippen LogP contribution is 2.22. The summed E-state index contributed by atoms with van der Waals surface area (Å²) in [5, 5.41) is 10.1. The standard InChI is InChI=1S/C17H24N2O7/c1-17(2,11-26-14(21)6-5-13(20)24-3)15(22)16(23)25-10-4-8-19-9-7-18-12-19/h5-7,9,12,15,22H,4,8,10-11H2,1-3H3/b6-5+/t15-/m0/s1. The Morgan fingerprint density at radius 3 is 2.54 bits per heavy atom. The molecular formula is C17H24N2O7. The Hall–Kier alpha value is -2.68. The van der Waals surface area contributed by atoms with Gasteiger partial charge in [-0.25, -0.2) is 19.4 Å². The SMILES string of the molecule is COC(=O)/C=C/C(=O)OCC(C)(C)[C@@H](O)C(=O)OCCCn1ccnc1. The summed E-state index contributed by atoms with van der Waals surface area (Å²) in [6.45, 7) is 3.66. The van der Waals surface area contributed by atoms with Crippen LogP contribution in [0.15, 0.2) is 30.9 Å². The van der Waals surface area contributed by atoms with E-state index in [9.17, 15) is 19.5 Å². The number of hydrogen-bond acceptors (Lipinski definition) is 8. The van der Waals surface area contributed by atoms with E-state index < -0.39 is 29.4 Å². The summed E-state index contributed by atoms with van der Waals surface area (Å²) in [7, 11) is 1.18. The molecule has 1 heterocycles. The van der Waals surface area contributed by atoms with E-state index in [4.69, 9.17) is 9.47 Å². The normalized spacial score (nSPS) is 12.6. The number of hydrogen-bond donors (Lipinski definition) is 1. The predicted octanol–water partition coefficient (Wildman–Crippen LogP) is 0.476. The molecule has 1 N–H and O–H groups in total. The summed E-state index contributed by atoms with van der Waals surface area (Å²) < 4.78 is 16.2. The van der Waals surface area contributed by atoms with Gasteiger partial charge < -0.3 is 23.9 Å². The van der Waals surface area contributed by atoms with Crippen molar-refractivity contribution in [1.82, 2.24) is 9.55 Å². The lowest BCUT2D eigenvalue weighted by Gasteiger charge is -2.28. The van der Waals surface area contributed by atoms with Gasteiger partial charge in [-0.05, 0) is 6.42 Å². The number of carbonyl (C=O) groups is 3. The number of imidazole rings is 1. The fourth-order valence-corrected chi connectivity index (χ4v) is 1.83. The number of carbonyl (C=O) groups excluding carboxylic acids is 3. The average Bonchev–Trinajstić information content (AvgIpc) is 3.14. The molecule has 0 amide bonds. The van der Waals surface area contributed by atoms with E-state index in [1.807, 2.05) is 4.57 Å². The molecule has 0 saturated heterocycles. The Kier molecular flexibility index (Phi) is 8.50. The van der Waals surface area contributed by atoms with Gasteiger partial charge in [0, 0.05) is 36.5 Å². The Bertz CT molecular complexity index is 623. The molecule has 9 heteroatoms. The first-order chi connectivity index (χ1) is 12.3. The molecule has 0 fully saturated rings. The molecule has 9 nitrogen and oxygen atoms in total. The first-order valence-electron chi connectivity index (χ1n) is 7.99. The van der Waals surface area contributed by atoms with Crippen LogP contribution in [0, 0.1) is 5.41 Å². The number of esters is 3. The zero-order chi connectivity index (χ0) is 19.6. The van der Waals surface area contributed by atoms with Crippen LogP contribution >= 0.6 is 0 Å². The highest BCUT2D eigenvalue weighted by atomic mass is 16.6. The lowest BCUT2D eigenvalue weighted by atomic mass is 9.87. The van der Waals surface area contributed by atoms with Gasteiger partial charge >= 0.3 is 17.9 Å². The molecule has 0 saturated carbocycles. The molecule has 0 aliphatic heterocycles. The van der Waals surface area contributed by atoms with Gasteiger partial charge in [0.25, 0.3) is 0 Å². The second kappa shape index (κ2) is 10.3. The summed E-state index contributed by atoms with van der Waals surface area (Å²) >= 11 is 0. The fraction of sp³-hybridized carbons (Fsp3) is 0.529. The molecular weight excluding hydrogens is 344 g/mol. The van der Waals surface area contributed by atoms with Crippen molar-refractivity contribution in [2.45, 2.75) is 32.9 Å². The molecule has 1 aromatic heterocycles. The Balaban J connectivity index is 2.36. The maximum Gasteiger partial charge on any atom is 0.335 e. The third-order valence-electron chi connectivity index (χ3n) is 3.47. The largest absolute Gasteiger partial charge is 0.466 e. The maximum absolute atomic E-state index is 11.9. The monoisotopic (exact) mass is 368 g/mol. The highest BCUT2D eigenvalue weighted by Gasteiger charge is 2.36. The molecule has 1 rings (SSSR count). The second-order valence-corrected chi connectivity index (χ2v) is 6.18. The number of rotatable bonds is 10. The van der Waals surface area contributed by atoms with E-state index in [2.05, 4.69) is 9.72 Å². The number of methoxy groups -OCH3 is 1.